The second kappa shape index (κ2) is 12.4. The number of ether oxygens (including phenoxy) is 4. The number of carbonyl (C=O) groups excluding carboxylic acids is 2. The molecule has 1 fully saturated rings. The van der Waals surface area contributed by atoms with Crippen LogP contribution in [0.3, 0.4) is 0 Å². The van der Waals surface area contributed by atoms with Gasteiger partial charge in [0.05, 0.1) is 32.0 Å². The number of methoxy groups -OCH3 is 2. The van der Waals surface area contributed by atoms with Gasteiger partial charge in [-0.25, -0.2) is 9.59 Å². The van der Waals surface area contributed by atoms with Crippen molar-refractivity contribution in [3.8, 4) is 0 Å². The molecule has 32 heavy (non-hydrogen) atoms. The molecule has 0 radical (unpaired) electrons. The van der Waals surface area contributed by atoms with Crippen LogP contribution in [0.25, 0.3) is 0 Å². The van der Waals surface area contributed by atoms with Gasteiger partial charge in [-0.05, 0) is 73.8 Å². The number of hydrogen-bond acceptors (Lipinski definition) is 6. The van der Waals surface area contributed by atoms with E-state index in [1.54, 1.807) is 12.1 Å². The van der Waals surface area contributed by atoms with Gasteiger partial charge in [0.1, 0.15) is 0 Å². The first-order valence-electron chi connectivity index (χ1n) is 11.2. The lowest BCUT2D eigenvalue weighted by Crippen LogP contribution is -2.22. The average Bonchev–Trinajstić information content (AvgIpc) is 2.85. The lowest BCUT2D eigenvalue weighted by atomic mass is 9.98. The Kier molecular flexibility index (Phi) is 9.26. The van der Waals surface area contributed by atoms with Gasteiger partial charge < -0.3 is 18.9 Å². The molecule has 0 saturated carbocycles. The molecule has 1 atom stereocenters. The lowest BCUT2D eigenvalue weighted by Gasteiger charge is -2.22. The molecule has 0 aliphatic carbocycles. The summed E-state index contributed by atoms with van der Waals surface area (Å²) < 4.78 is 21.0. The van der Waals surface area contributed by atoms with E-state index < -0.39 is 11.9 Å². The predicted octanol–water partition coefficient (Wildman–Crippen LogP) is 4.52. The van der Waals surface area contributed by atoms with Gasteiger partial charge in [0, 0.05) is 6.61 Å². The van der Waals surface area contributed by atoms with Gasteiger partial charge in [-0.15, -0.1) is 0 Å². The minimum atomic E-state index is -0.552. The highest BCUT2D eigenvalue weighted by atomic mass is 16.7. The zero-order valence-corrected chi connectivity index (χ0v) is 18.9. The van der Waals surface area contributed by atoms with Crippen molar-refractivity contribution >= 4 is 11.9 Å². The zero-order chi connectivity index (χ0) is 22.8. The van der Waals surface area contributed by atoms with Crippen LogP contribution in [0.15, 0.2) is 42.5 Å². The number of benzene rings is 2. The normalized spacial score (nSPS) is 15.9. The van der Waals surface area contributed by atoms with E-state index in [0.29, 0.717) is 6.61 Å². The van der Waals surface area contributed by atoms with Crippen molar-refractivity contribution in [3.05, 3.63) is 70.3 Å². The Morgan fingerprint density at radius 1 is 0.875 bits per heavy atom. The Bertz CT molecular complexity index is 901. The summed E-state index contributed by atoms with van der Waals surface area (Å²) in [5.41, 5.74) is 3.92. The third-order valence-electron chi connectivity index (χ3n) is 5.64. The number of hydrogen-bond donors (Lipinski definition) is 0. The molecular weight excluding hydrogens is 408 g/mol. The van der Waals surface area contributed by atoms with Crippen molar-refractivity contribution in [1.29, 1.82) is 0 Å². The van der Waals surface area contributed by atoms with Crippen LogP contribution in [0.4, 0.5) is 0 Å². The smallest absolute Gasteiger partial charge is 0.338 e. The minimum absolute atomic E-state index is 0.0319. The summed E-state index contributed by atoms with van der Waals surface area (Å²) in [6, 6.07) is 13.7. The number of carbonyl (C=O) groups is 2. The van der Waals surface area contributed by atoms with Crippen LogP contribution >= 0.6 is 0 Å². The van der Waals surface area contributed by atoms with Crippen molar-refractivity contribution in [3.63, 3.8) is 0 Å². The molecule has 0 bridgehead atoms. The van der Waals surface area contributed by atoms with Crippen LogP contribution in [-0.4, -0.2) is 45.7 Å². The van der Waals surface area contributed by atoms with E-state index in [9.17, 15) is 9.59 Å². The van der Waals surface area contributed by atoms with Crippen LogP contribution in [0, 0.1) is 0 Å². The molecule has 6 heteroatoms. The van der Waals surface area contributed by atoms with E-state index in [4.69, 9.17) is 18.9 Å². The van der Waals surface area contributed by atoms with Gasteiger partial charge in [-0.1, -0.05) is 30.3 Å². The largest absolute Gasteiger partial charge is 0.465 e. The van der Waals surface area contributed by atoms with E-state index >= 15 is 0 Å². The Morgan fingerprint density at radius 3 is 2.25 bits per heavy atom. The Hall–Kier alpha value is -2.70. The first-order valence-corrected chi connectivity index (χ1v) is 11.2. The maximum atomic E-state index is 12.1. The van der Waals surface area contributed by atoms with Crippen LogP contribution < -0.4 is 0 Å². The second-order valence-corrected chi connectivity index (χ2v) is 7.95. The van der Waals surface area contributed by atoms with E-state index in [2.05, 4.69) is 24.3 Å². The zero-order valence-electron chi connectivity index (χ0n) is 18.9. The van der Waals surface area contributed by atoms with E-state index in [-0.39, 0.29) is 17.4 Å². The van der Waals surface area contributed by atoms with Crippen molar-refractivity contribution in [2.24, 2.45) is 0 Å². The predicted molar refractivity (Wildman–Crippen MR) is 121 cm³/mol. The Balaban J connectivity index is 1.54. The molecule has 1 unspecified atom stereocenters. The number of aryl methyl sites for hydroxylation is 3. The molecule has 6 nitrogen and oxygen atoms in total. The van der Waals surface area contributed by atoms with Gasteiger partial charge >= 0.3 is 11.9 Å². The number of rotatable bonds is 10. The van der Waals surface area contributed by atoms with Crippen molar-refractivity contribution < 1.29 is 28.5 Å². The van der Waals surface area contributed by atoms with Crippen molar-refractivity contribution in [1.82, 2.24) is 0 Å². The Labute approximate surface area is 189 Å². The molecule has 0 spiro atoms. The highest BCUT2D eigenvalue weighted by Crippen LogP contribution is 2.18. The average molecular weight is 441 g/mol. The molecule has 1 saturated heterocycles. The third kappa shape index (κ3) is 6.90. The fourth-order valence-corrected chi connectivity index (χ4v) is 3.88. The fourth-order valence-electron chi connectivity index (χ4n) is 3.88. The van der Waals surface area contributed by atoms with Crippen molar-refractivity contribution in [2.75, 3.05) is 27.4 Å². The van der Waals surface area contributed by atoms with Gasteiger partial charge in [0.15, 0.2) is 6.29 Å². The highest BCUT2D eigenvalue weighted by Gasteiger charge is 2.19. The minimum Gasteiger partial charge on any atom is -0.465 e. The molecule has 2 aromatic carbocycles. The maximum absolute atomic E-state index is 12.1. The molecule has 1 aliphatic rings. The highest BCUT2D eigenvalue weighted by molar-refractivity contribution is 6.03. The Morgan fingerprint density at radius 2 is 1.56 bits per heavy atom. The molecule has 1 heterocycles. The van der Waals surface area contributed by atoms with E-state index in [1.165, 1.54) is 31.8 Å². The third-order valence-corrected chi connectivity index (χ3v) is 5.64. The lowest BCUT2D eigenvalue weighted by molar-refractivity contribution is -0.162. The summed E-state index contributed by atoms with van der Waals surface area (Å²) in [5.74, 6) is -1.10. The van der Waals surface area contributed by atoms with Gasteiger partial charge in [0.25, 0.3) is 0 Å². The molecule has 0 amide bonds. The van der Waals surface area contributed by atoms with E-state index in [0.717, 1.165) is 50.7 Å². The monoisotopic (exact) mass is 440 g/mol. The quantitative estimate of drug-likeness (QED) is 0.400. The van der Waals surface area contributed by atoms with Crippen LogP contribution in [0.5, 0.6) is 0 Å². The summed E-state index contributed by atoms with van der Waals surface area (Å²) >= 11 is 0. The first-order chi connectivity index (χ1) is 15.6. The summed E-state index contributed by atoms with van der Waals surface area (Å²) in [4.78, 5) is 24.0. The van der Waals surface area contributed by atoms with E-state index in [1.807, 2.05) is 6.07 Å². The maximum Gasteiger partial charge on any atom is 0.338 e. The molecule has 2 aromatic rings. The molecule has 0 aromatic heterocycles. The second-order valence-electron chi connectivity index (χ2n) is 7.95. The first kappa shape index (κ1) is 24.0. The molecule has 1 aliphatic heterocycles. The summed E-state index contributed by atoms with van der Waals surface area (Å²) in [6.07, 6.45) is 6.77. The van der Waals surface area contributed by atoms with Crippen LogP contribution in [-0.2, 0) is 38.2 Å². The molecule has 3 rings (SSSR count). The molecular formula is C26H32O6. The fraction of sp³-hybridized carbons (Fsp3) is 0.462. The van der Waals surface area contributed by atoms with Crippen LogP contribution in [0.1, 0.15) is 63.1 Å². The number of esters is 2. The van der Waals surface area contributed by atoms with Gasteiger partial charge in [-0.3, -0.25) is 0 Å². The molecule has 172 valence electrons. The topological polar surface area (TPSA) is 71.1 Å². The molecule has 0 N–H and O–H groups in total. The van der Waals surface area contributed by atoms with Crippen molar-refractivity contribution in [2.45, 2.75) is 51.2 Å². The standard InChI is InChI=1S/C26H32O6/c1-29-25(27)22-14-13-21(18-23(22)26(28)30-2)12-11-20-8-5-7-19(17-20)9-6-16-32-24-10-3-4-15-31-24/h5,7-8,13-14,17-18,24H,3-4,6,9-12,15-16H2,1-2H3. The van der Waals surface area contributed by atoms with Gasteiger partial charge in [0.2, 0.25) is 0 Å². The summed E-state index contributed by atoms with van der Waals surface area (Å²) in [6.45, 7) is 1.51. The summed E-state index contributed by atoms with van der Waals surface area (Å²) in [5, 5.41) is 0. The SMILES string of the molecule is COC(=O)c1ccc(CCc2cccc(CCCOC3CCCCO3)c2)cc1C(=O)OC. The summed E-state index contributed by atoms with van der Waals surface area (Å²) in [7, 11) is 2.59. The van der Waals surface area contributed by atoms with Crippen LogP contribution in [0.2, 0.25) is 0 Å². The van der Waals surface area contributed by atoms with Gasteiger partial charge in [-0.2, -0.15) is 0 Å².